The zero-order valence-corrected chi connectivity index (χ0v) is 43.9. The summed E-state index contributed by atoms with van der Waals surface area (Å²) in [4.78, 5) is 14.2. The average Bonchev–Trinajstić information content (AvgIpc) is 3.31. The minimum atomic E-state index is -1.97. The van der Waals surface area contributed by atoms with Crippen LogP contribution in [0.1, 0.15) is 68.8 Å². The van der Waals surface area contributed by atoms with Crippen LogP contribution in [0.2, 0.25) is 18.1 Å². The Labute approximate surface area is 417 Å². The molecule has 0 fully saturated rings. The molecule has 0 amide bonds. The van der Waals surface area contributed by atoms with Crippen molar-refractivity contribution in [3.05, 3.63) is 70.6 Å². The van der Waals surface area contributed by atoms with Crippen molar-refractivity contribution < 1.29 is 61.9 Å². The Bertz CT molecular complexity index is 2250. The number of hydrogen-bond acceptors (Lipinski definition) is 16. The summed E-state index contributed by atoms with van der Waals surface area (Å²) in [5, 5.41) is 10.4. The number of methoxy groups -OCH3 is 3. The zero-order valence-electron chi connectivity index (χ0n) is 42.9. The first-order valence-electron chi connectivity index (χ1n) is 23.3. The fourth-order valence-electron chi connectivity index (χ4n) is 5.08. The van der Waals surface area contributed by atoms with Crippen molar-refractivity contribution in [3.8, 4) is 64.2 Å². The van der Waals surface area contributed by atoms with Crippen molar-refractivity contribution in [2.45, 2.75) is 58.4 Å². The molecule has 3 aromatic rings. The van der Waals surface area contributed by atoms with Crippen LogP contribution in [0, 0.1) is 47.0 Å². The standard InChI is InChI=1S/C53H73N3O13Si/c1-52(2,3)70(9,10)36-16-48-42-51(69-35-32-66-29-26-63-23-20-60-8)40-46(56-48)14-12-44-38-49(67-33-30-64-27-24-61-21-18-58-6)37-43(54-44)11-13-45-39-50(41-47(55-45)15-17-53(4,5)57)68-34-31-65-28-25-62-22-19-59-7/h37-42,57H,18-35H2,1-10H3. The number of aliphatic hydroxyl groups is 1. The summed E-state index contributed by atoms with van der Waals surface area (Å²) in [6.45, 7) is 21.8. The summed E-state index contributed by atoms with van der Waals surface area (Å²) in [7, 11) is 2.92. The van der Waals surface area contributed by atoms with Crippen molar-refractivity contribution >= 4 is 8.07 Å². The van der Waals surface area contributed by atoms with E-state index in [9.17, 15) is 5.11 Å². The average molecular weight is 988 g/mol. The maximum Gasteiger partial charge on any atom is 0.138 e. The molecule has 70 heavy (non-hydrogen) atoms. The van der Waals surface area contributed by atoms with Crippen LogP contribution in [0.4, 0.5) is 0 Å². The summed E-state index contributed by atoms with van der Waals surface area (Å²) < 4.78 is 66.7. The lowest BCUT2D eigenvalue weighted by atomic mass is 10.1. The Morgan fingerprint density at radius 3 is 0.929 bits per heavy atom. The molecule has 382 valence electrons. The van der Waals surface area contributed by atoms with E-state index in [2.05, 4.69) is 85.8 Å². The first-order valence-corrected chi connectivity index (χ1v) is 26.3. The summed E-state index contributed by atoms with van der Waals surface area (Å²) >= 11 is 0. The molecule has 0 unspecified atom stereocenters. The highest BCUT2D eigenvalue weighted by molar-refractivity contribution is 6.87. The van der Waals surface area contributed by atoms with E-state index in [-0.39, 0.29) is 18.3 Å². The van der Waals surface area contributed by atoms with Crippen LogP contribution < -0.4 is 14.2 Å². The van der Waals surface area contributed by atoms with Gasteiger partial charge in [-0.25, -0.2) is 15.0 Å². The maximum atomic E-state index is 10.3. The monoisotopic (exact) mass is 987 g/mol. The number of pyridine rings is 3. The second-order valence-electron chi connectivity index (χ2n) is 17.4. The minimum Gasteiger partial charge on any atom is -0.491 e. The van der Waals surface area contributed by atoms with Crippen molar-refractivity contribution in [3.63, 3.8) is 0 Å². The largest absolute Gasteiger partial charge is 0.491 e. The number of rotatable bonds is 30. The Morgan fingerprint density at radius 1 is 0.400 bits per heavy atom. The molecule has 0 aromatic carbocycles. The predicted molar refractivity (Wildman–Crippen MR) is 269 cm³/mol. The lowest BCUT2D eigenvalue weighted by Crippen LogP contribution is -2.35. The molecule has 3 rings (SSSR count). The van der Waals surface area contributed by atoms with E-state index in [1.807, 2.05) is 6.07 Å². The van der Waals surface area contributed by atoms with E-state index in [1.165, 1.54) is 0 Å². The third-order valence-electron chi connectivity index (χ3n) is 9.81. The summed E-state index contributed by atoms with van der Waals surface area (Å²) in [6.07, 6.45) is 0. The Hall–Kier alpha value is -5.09. The van der Waals surface area contributed by atoms with E-state index in [0.717, 1.165) is 0 Å². The molecule has 0 aliphatic carbocycles. The van der Waals surface area contributed by atoms with Gasteiger partial charge in [-0.1, -0.05) is 45.7 Å². The van der Waals surface area contributed by atoms with Gasteiger partial charge in [0.2, 0.25) is 0 Å². The summed E-state index contributed by atoms with van der Waals surface area (Å²) in [5.74, 6) is 23.1. The molecule has 0 aliphatic rings. The predicted octanol–water partition coefficient (Wildman–Crippen LogP) is 5.37. The smallest absolute Gasteiger partial charge is 0.138 e. The highest BCUT2D eigenvalue weighted by Crippen LogP contribution is 2.35. The lowest BCUT2D eigenvalue weighted by Gasteiger charge is -2.31. The summed E-state index contributed by atoms with van der Waals surface area (Å²) in [5.41, 5.74) is 4.74. The maximum absolute atomic E-state index is 10.3. The normalized spacial score (nSPS) is 11.3. The second kappa shape index (κ2) is 33.5. The molecule has 0 spiro atoms. The fraction of sp³-hybridized carbons (Fsp3) is 0.566. The van der Waals surface area contributed by atoms with E-state index < -0.39 is 13.7 Å². The van der Waals surface area contributed by atoms with Gasteiger partial charge in [-0.3, -0.25) is 0 Å². The first-order chi connectivity index (χ1) is 33.6. The van der Waals surface area contributed by atoms with Gasteiger partial charge in [-0.15, -0.1) is 5.54 Å². The van der Waals surface area contributed by atoms with E-state index >= 15 is 0 Å². The zero-order chi connectivity index (χ0) is 50.9. The fourth-order valence-corrected chi connectivity index (χ4v) is 5.90. The van der Waals surface area contributed by atoms with E-state index in [0.29, 0.717) is 157 Å². The second-order valence-corrected chi connectivity index (χ2v) is 22.4. The van der Waals surface area contributed by atoms with Crippen molar-refractivity contribution in [2.24, 2.45) is 0 Å². The van der Waals surface area contributed by atoms with E-state index in [4.69, 9.17) is 66.8 Å². The quantitative estimate of drug-likeness (QED) is 0.0514. The van der Waals surface area contributed by atoms with Gasteiger partial charge in [0.1, 0.15) is 84.9 Å². The molecular weight excluding hydrogens is 915 g/mol. The molecule has 3 aromatic heterocycles. The first kappa shape index (κ1) is 59.2. The van der Waals surface area contributed by atoms with Gasteiger partial charge < -0.3 is 61.9 Å². The van der Waals surface area contributed by atoms with Gasteiger partial charge >= 0.3 is 0 Å². The van der Waals surface area contributed by atoms with Gasteiger partial charge in [0, 0.05) is 57.7 Å². The molecule has 0 aliphatic heterocycles. The van der Waals surface area contributed by atoms with Crippen LogP contribution in [-0.4, -0.2) is 174 Å². The van der Waals surface area contributed by atoms with Crippen molar-refractivity contribution in [1.29, 1.82) is 0 Å². The van der Waals surface area contributed by atoms with Gasteiger partial charge in [0.05, 0.1) is 99.1 Å². The van der Waals surface area contributed by atoms with Gasteiger partial charge in [-0.2, -0.15) is 0 Å². The molecular formula is C53H73N3O13Si. The topological polar surface area (TPSA) is 170 Å². The third kappa shape index (κ3) is 26.8. The van der Waals surface area contributed by atoms with Gasteiger partial charge in [-0.05, 0) is 48.5 Å². The number of hydrogen-bond donors (Lipinski definition) is 1. The minimum absolute atomic E-state index is 0.0569. The Kier molecular flexibility index (Phi) is 28.3. The number of aromatic nitrogens is 3. The Morgan fingerprint density at radius 2 is 0.657 bits per heavy atom. The molecule has 0 radical (unpaired) electrons. The van der Waals surface area contributed by atoms with E-state index in [1.54, 1.807) is 65.5 Å². The number of ether oxygens (including phenoxy) is 12. The van der Waals surface area contributed by atoms with Crippen molar-refractivity contribution in [1.82, 2.24) is 15.0 Å². The molecule has 1 N–H and O–H groups in total. The van der Waals surface area contributed by atoms with Crippen LogP contribution in [0.25, 0.3) is 0 Å². The molecule has 0 saturated carbocycles. The lowest BCUT2D eigenvalue weighted by molar-refractivity contribution is 0.0179. The molecule has 0 atom stereocenters. The van der Waals surface area contributed by atoms with Crippen molar-refractivity contribution in [2.75, 3.05) is 140 Å². The molecule has 17 heteroatoms. The highest BCUT2D eigenvalue weighted by atomic mass is 28.3. The van der Waals surface area contributed by atoms with Gasteiger partial charge in [0.15, 0.2) is 0 Å². The Balaban J connectivity index is 1.95. The molecule has 0 bridgehead atoms. The van der Waals surface area contributed by atoms with Crippen LogP contribution in [-0.2, 0) is 42.6 Å². The van der Waals surface area contributed by atoms with Crippen LogP contribution in [0.3, 0.4) is 0 Å². The molecule has 3 heterocycles. The molecule has 0 saturated heterocycles. The SMILES string of the molecule is COCCOCCOCCOc1cc(C#Cc2cc(OCCOCCOCCOC)cc(C#CC(C)(C)O)n2)nc(C#Cc2cc(OCCOCCOCCOC)cc(C#C[Si](C)(C)C(C)(C)C)n2)c1. The summed E-state index contributed by atoms with van der Waals surface area (Å²) in [6, 6.07) is 10.4. The molecule has 16 nitrogen and oxygen atoms in total. The number of nitrogens with zero attached hydrogens (tertiary/aromatic N) is 3. The third-order valence-corrected chi connectivity index (χ3v) is 14.3. The van der Waals surface area contributed by atoms with Gasteiger partial charge in [0.25, 0.3) is 0 Å². The van der Waals surface area contributed by atoms with Crippen LogP contribution in [0.5, 0.6) is 17.2 Å². The highest BCUT2D eigenvalue weighted by Gasteiger charge is 2.33. The van der Waals surface area contributed by atoms with Crippen LogP contribution >= 0.6 is 0 Å². The van der Waals surface area contributed by atoms with Crippen LogP contribution in [0.15, 0.2) is 36.4 Å².